The van der Waals surface area contributed by atoms with Crippen LogP contribution in [0.2, 0.25) is 0 Å². The van der Waals surface area contributed by atoms with Crippen LogP contribution in [0.25, 0.3) is 0 Å². The van der Waals surface area contributed by atoms with E-state index in [0.717, 1.165) is 31.4 Å². The van der Waals surface area contributed by atoms with E-state index in [4.69, 9.17) is 9.47 Å². The minimum atomic E-state index is -5.19. The predicted molar refractivity (Wildman–Crippen MR) is 176 cm³/mol. The lowest BCUT2D eigenvalue weighted by atomic mass is 9.89. The molecule has 2 atom stereocenters. The number of ether oxygens (including phenoxy) is 2. The molecular formula is C35H36F9N5O5. The molecule has 0 radical (unpaired) electrons. The number of nitrogens with one attached hydrogen (secondary N) is 1. The second-order valence-corrected chi connectivity index (χ2v) is 13.3. The van der Waals surface area contributed by atoms with E-state index in [0.29, 0.717) is 23.5 Å². The first kappa shape index (κ1) is 41.7. The van der Waals surface area contributed by atoms with Crippen LogP contribution in [0.15, 0.2) is 42.6 Å². The molecule has 0 bridgehead atoms. The molecule has 10 nitrogen and oxygen atoms in total. The second kappa shape index (κ2) is 15.3. The average Bonchev–Trinajstić information content (AvgIpc) is 3.05. The Bertz CT molecular complexity index is 1860. The predicted octanol–water partition coefficient (Wildman–Crippen LogP) is 9.43. The molecule has 0 unspecified atom stereocenters. The fourth-order valence-corrected chi connectivity index (χ4v) is 5.72. The van der Waals surface area contributed by atoms with Gasteiger partial charge in [-0.05, 0) is 88.1 Å². The number of carbonyl (C=O) groups is 3. The lowest BCUT2D eigenvalue weighted by Crippen LogP contribution is -2.46. The summed E-state index contributed by atoms with van der Waals surface area (Å²) in [5.41, 5.74) is -6.81. The smallest absolute Gasteiger partial charge is 0.417 e. The van der Waals surface area contributed by atoms with Crippen molar-refractivity contribution in [3.63, 3.8) is 0 Å². The van der Waals surface area contributed by atoms with E-state index in [1.807, 2.05) is 0 Å². The largest absolute Gasteiger partial charge is 0.449 e. The van der Waals surface area contributed by atoms with Crippen molar-refractivity contribution in [2.75, 3.05) is 23.9 Å². The number of halogens is 9. The summed E-state index contributed by atoms with van der Waals surface area (Å²) in [6.07, 6.45) is -16.8. The van der Waals surface area contributed by atoms with Crippen molar-refractivity contribution in [1.82, 2.24) is 14.9 Å². The minimum Gasteiger partial charge on any atom is -0.449 e. The first-order valence-electron chi connectivity index (χ1n) is 16.4. The maximum atomic E-state index is 13.9. The molecule has 2 aromatic carbocycles. The highest BCUT2D eigenvalue weighted by molar-refractivity contribution is 6.03. The fourth-order valence-electron chi connectivity index (χ4n) is 5.72. The van der Waals surface area contributed by atoms with Crippen LogP contribution in [0.3, 0.4) is 0 Å². The molecule has 3 amide bonds. The van der Waals surface area contributed by atoms with Gasteiger partial charge in [-0.1, -0.05) is 6.92 Å². The summed E-state index contributed by atoms with van der Waals surface area (Å²) >= 11 is 0. The number of aromatic nitrogens is 2. The number of anilines is 2. The number of fused-ring (bicyclic) bond motifs is 1. The maximum Gasteiger partial charge on any atom is 0.417 e. The zero-order chi connectivity index (χ0) is 40.6. The van der Waals surface area contributed by atoms with E-state index >= 15 is 0 Å². The van der Waals surface area contributed by atoms with Crippen molar-refractivity contribution >= 4 is 29.7 Å². The van der Waals surface area contributed by atoms with Gasteiger partial charge in [0.1, 0.15) is 5.60 Å². The summed E-state index contributed by atoms with van der Waals surface area (Å²) in [5.74, 6) is -1.50. The topological polar surface area (TPSA) is 114 Å². The van der Waals surface area contributed by atoms with Gasteiger partial charge < -0.3 is 14.8 Å². The summed E-state index contributed by atoms with van der Waals surface area (Å²) in [6, 6.07) is 1.88. The van der Waals surface area contributed by atoms with Crippen LogP contribution in [-0.4, -0.2) is 58.3 Å². The quantitative estimate of drug-likeness (QED) is 0.236. The van der Waals surface area contributed by atoms with Crippen LogP contribution in [0.5, 0.6) is 0 Å². The number of hydrogen-bond acceptors (Lipinski definition) is 8. The van der Waals surface area contributed by atoms with Crippen LogP contribution in [0.4, 0.5) is 60.7 Å². The van der Waals surface area contributed by atoms with E-state index in [-0.39, 0.29) is 36.3 Å². The standard InChI is InChI=1S/C35H36F9N5O5/c1-7-22-16-26(23-15-19(33(36,37)38)9-10-27(23)49(22)31(52)53-8-2)47-29-45-17-24(28(50)48(6)30(51)54-32(3,4)5)25(46-29)13-18-11-20(34(39,40)41)14-21(12-18)35(42,43)44/h9-12,14-15,17,22,26H,7-8,13,16H2,1-6H3,(H,45,46,47)/t22-,26+/m1/s1. The molecule has 3 aromatic rings. The molecule has 1 aromatic heterocycles. The van der Waals surface area contributed by atoms with Crippen molar-refractivity contribution in [3.8, 4) is 0 Å². The van der Waals surface area contributed by atoms with Crippen LogP contribution in [-0.2, 0) is 34.4 Å². The van der Waals surface area contributed by atoms with E-state index in [1.165, 1.54) is 25.7 Å². The first-order chi connectivity index (χ1) is 24.8. The van der Waals surface area contributed by atoms with Gasteiger partial charge in [0.15, 0.2) is 0 Å². The Hall–Kier alpha value is -5.10. The molecule has 1 aliphatic heterocycles. The number of benzene rings is 2. The number of alkyl halides is 9. The van der Waals surface area contributed by atoms with Crippen molar-refractivity contribution in [1.29, 1.82) is 0 Å². The Morgan fingerprint density at radius 2 is 1.48 bits per heavy atom. The van der Waals surface area contributed by atoms with Gasteiger partial charge in [-0.2, -0.15) is 39.5 Å². The van der Waals surface area contributed by atoms with Crippen LogP contribution >= 0.6 is 0 Å². The van der Waals surface area contributed by atoms with Gasteiger partial charge in [0, 0.05) is 25.7 Å². The van der Waals surface area contributed by atoms with Crippen molar-refractivity contribution < 1.29 is 63.4 Å². The number of carbonyl (C=O) groups excluding carboxylic acids is 3. The van der Waals surface area contributed by atoms with Gasteiger partial charge in [0.05, 0.1) is 46.3 Å². The van der Waals surface area contributed by atoms with Crippen LogP contribution in [0, 0.1) is 0 Å². The van der Waals surface area contributed by atoms with E-state index in [1.54, 1.807) is 13.8 Å². The molecule has 294 valence electrons. The van der Waals surface area contributed by atoms with Gasteiger partial charge in [-0.25, -0.2) is 24.5 Å². The molecule has 0 aliphatic carbocycles. The Labute approximate surface area is 303 Å². The van der Waals surface area contributed by atoms with Gasteiger partial charge in [0.25, 0.3) is 5.91 Å². The molecule has 1 aliphatic rings. The molecule has 2 heterocycles. The van der Waals surface area contributed by atoms with Crippen molar-refractivity contribution in [2.24, 2.45) is 0 Å². The molecule has 1 N–H and O–H groups in total. The number of amides is 3. The Kier molecular flexibility index (Phi) is 11.8. The zero-order valence-corrected chi connectivity index (χ0v) is 29.8. The lowest BCUT2D eigenvalue weighted by Gasteiger charge is -2.40. The van der Waals surface area contributed by atoms with Crippen LogP contribution in [0.1, 0.15) is 97.4 Å². The molecule has 19 heteroatoms. The van der Waals surface area contributed by atoms with Crippen molar-refractivity contribution in [3.05, 3.63) is 81.7 Å². The highest BCUT2D eigenvalue weighted by Gasteiger charge is 2.40. The maximum absolute atomic E-state index is 13.9. The summed E-state index contributed by atoms with van der Waals surface area (Å²) in [4.78, 5) is 49.4. The number of rotatable bonds is 7. The summed E-state index contributed by atoms with van der Waals surface area (Å²) in [5, 5.41) is 2.87. The summed E-state index contributed by atoms with van der Waals surface area (Å²) in [7, 11) is 1.02. The Morgan fingerprint density at radius 1 is 0.889 bits per heavy atom. The molecule has 4 rings (SSSR count). The molecule has 0 fully saturated rings. The monoisotopic (exact) mass is 777 g/mol. The molecule has 0 saturated heterocycles. The Balaban J connectivity index is 1.86. The van der Waals surface area contributed by atoms with E-state index in [9.17, 15) is 53.9 Å². The zero-order valence-electron chi connectivity index (χ0n) is 29.8. The second-order valence-electron chi connectivity index (χ2n) is 13.3. The molecule has 0 spiro atoms. The van der Waals surface area contributed by atoms with Crippen molar-refractivity contribution in [2.45, 2.75) is 90.1 Å². The van der Waals surface area contributed by atoms with Gasteiger partial charge in [-0.3, -0.25) is 9.69 Å². The normalized spacial score (nSPS) is 16.4. The van der Waals surface area contributed by atoms with E-state index in [2.05, 4.69) is 15.3 Å². The van der Waals surface area contributed by atoms with Crippen LogP contribution < -0.4 is 10.2 Å². The number of hydrogen-bond donors (Lipinski definition) is 1. The highest BCUT2D eigenvalue weighted by Crippen LogP contribution is 2.43. The third kappa shape index (κ3) is 9.71. The van der Waals surface area contributed by atoms with Gasteiger partial charge >= 0.3 is 30.7 Å². The summed E-state index contributed by atoms with van der Waals surface area (Å²) < 4.78 is 134. The number of nitrogens with zero attached hydrogens (tertiary/aromatic N) is 4. The SMILES string of the molecule is CCOC(=O)N1c2ccc(C(F)(F)F)cc2[C@@H](Nc2ncc(C(=O)N(C)C(=O)OC(C)(C)C)c(Cc3cc(C(F)(F)F)cc(C(F)(F)F)c3)n2)C[C@H]1CC. The lowest BCUT2D eigenvalue weighted by molar-refractivity contribution is -0.143. The first-order valence-corrected chi connectivity index (χ1v) is 16.4. The highest BCUT2D eigenvalue weighted by atomic mass is 19.4. The third-order valence-corrected chi connectivity index (χ3v) is 8.19. The van der Waals surface area contributed by atoms with Gasteiger partial charge in [0.2, 0.25) is 5.95 Å². The third-order valence-electron chi connectivity index (χ3n) is 8.19. The van der Waals surface area contributed by atoms with Gasteiger partial charge in [-0.15, -0.1) is 0 Å². The Morgan fingerprint density at radius 3 is 2.00 bits per heavy atom. The minimum absolute atomic E-state index is 0.0209. The summed E-state index contributed by atoms with van der Waals surface area (Å²) in [6.45, 7) is 7.80. The molecule has 54 heavy (non-hydrogen) atoms. The fraction of sp³-hybridized carbons (Fsp3) is 0.457. The molecular weight excluding hydrogens is 741 g/mol. The molecule has 0 saturated carbocycles. The average molecular weight is 778 g/mol. The van der Waals surface area contributed by atoms with E-state index < -0.39 is 94.2 Å². The number of imide groups is 1.